The molecule has 0 aliphatic carbocycles. The molecule has 2 aromatic rings. The van der Waals surface area contributed by atoms with Crippen LogP contribution in [0, 0.1) is 0 Å². The van der Waals surface area contributed by atoms with Crippen LogP contribution in [0.1, 0.15) is 0 Å². The number of nitrogens with zero attached hydrogens (tertiary/aromatic N) is 2. The summed E-state index contributed by atoms with van der Waals surface area (Å²) in [7, 11) is 1.55. The van der Waals surface area contributed by atoms with Gasteiger partial charge in [-0.2, -0.15) is 0 Å². The average molecular weight is 255 g/mol. The van der Waals surface area contributed by atoms with E-state index in [2.05, 4.69) is 25.9 Å². The third-order valence-corrected chi connectivity index (χ3v) is 2.37. The highest BCUT2D eigenvalue weighted by atomic mass is 79.9. The number of hydrogen-bond acceptors (Lipinski definition) is 4. The molecule has 0 spiro atoms. The molecule has 2 aromatic heterocycles. The van der Waals surface area contributed by atoms with Gasteiger partial charge >= 0.3 is 0 Å². The molecule has 1 N–H and O–H groups in total. The standard InChI is InChI=1S/C9H7BrN2O2/c1-14-7-4-6-5(12-9(7)10)2-3-8(13)11-6/h2-4H,1H3,(H,11,13). The normalized spacial score (nSPS) is 10.4. The molecule has 2 rings (SSSR count). The lowest BCUT2D eigenvalue weighted by Crippen LogP contribution is -1.90. The smallest absolute Gasteiger partial charge is 0.211 e. The van der Waals surface area contributed by atoms with Crippen LogP contribution in [0.2, 0.25) is 0 Å². The van der Waals surface area contributed by atoms with E-state index in [-0.39, 0.29) is 5.88 Å². The zero-order valence-corrected chi connectivity index (χ0v) is 8.95. The van der Waals surface area contributed by atoms with Crippen LogP contribution >= 0.6 is 15.9 Å². The van der Waals surface area contributed by atoms with E-state index in [1.165, 1.54) is 6.07 Å². The van der Waals surface area contributed by atoms with Crippen molar-refractivity contribution in [2.45, 2.75) is 0 Å². The molecule has 0 amide bonds. The number of ether oxygens (including phenoxy) is 1. The Morgan fingerprint density at radius 1 is 1.29 bits per heavy atom. The molecule has 0 fully saturated rings. The molecule has 4 nitrogen and oxygen atoms in total. The van der Waals surface area contributed by atoms with Crippen LogP contribution in [0.25, 0.3) is 11.0 Å². The summed E-state index contributed by atoms with van der Waals surface area (Å²) in [4.78, 5) is 8.12. The first-order valence-electron chi connectivity index (χ1n) is 3.91. The van der Waals surface area contributed by atoms with Crippen LogP contribution in [0.3, 0.4) is 0 Å². The number of methoxy groups -OCH3 is 1. The fourth-order valence-electron chi connectivity index (χ4n) is 1.15. The summed E-state index contributed by atoms with van der Waals surface area (Å²) in [6.07, 6.45) is 0. The molecule has 0 aliphatic rings. The highest BCUT2D eigenvalue weighted by Gasteiger charge is 2.05. The van der Waals surface area contributed by atoms with E-state index in [1.54, 1.807) is 19.2 Å². The molecule has 0 atom stereocenters. The second-order valence-electron chi connectivity index (χ2n) is 2.69. The van der Waals surface area contributed by atoms with Gasteiger partial charge in [0.2, 0.25) is 5.88 Å². The van der Waals surface area contributed by atoms with Gasteiger partial charge in [-0.15, -0.1) is 0 Å². The summed E-state index contributed by atoms with van der Waals surface area (Å²) >= 11 is 3.27. The minimum Gasteiger partial charge on any atom is -0.494 e. The number of hydrogen-bond donors (Lipinski definition) is 1. The van der Waals surface area contributed by atoms with Gasteiger partial charge in [0.05, 0.1) is 18.1 Å². The van der Waals surface area contributed by atoms with Gasteiger partial charge in [0.25, 0.3) is 0 Å². The van der Waals surface area contributed by atoms with E-state index in [1.807, 2.05) is 0 Å². The SMILES string of the molecule is COc1cc2nc(O)ccc2nc1Br. The van der Waals surface area contributed by atoms with E-state index >= 15 is 0 Å². The van der Waals surface area contributed by atoms with Gasteiger partial charge in [-0.3, -0.25) is 0 Å². The summed E-state index contributed by atoms with van der Waals surface area (Å²) in [5.74, 6) is 0.569. The van der Waals surface area contributed by atoms with Crippen LogP contribution < -0.4 is 4.74 Å². The number of aromatic nitrogens is 2. The number of halogens is 1. The predicted molar refractivity (Wildman–Crippen MR) is 55.5 cm³/mol. The first kappa shape index (κ1) is 9.21. The number of fused-ring (bicyclic) bond motifs is 1. The maximum absolute atomic E-state index is 9.17. The summed E-state index contributed by atoms with van der Waals surface area (Å²) in [5, 5.41) is 9.17. The molecular weight excluding hydrogens is 248 g/mol. The minimum atomic E-state index is -0.0244. The van der Waals surface area contributed by atoms with Crippen LogP contribution in [0.4, 0.5) is 0 Å². The third kappa shape index (κ3) is 1.50. The summed E-state index contributed by atoms with van der Waals surface area (Å²) in [6.45, 7) is 0. The predicted octanol–water partition coefficient (Wildman–Crippen LogP) is 2.11. The van der Waals surface area contributed by atoms with Crippen molar-refractivity contribution in [3.63, 3.8) is 0 Å². The fraction of sp³-hybridized carbons (Fsp3) is 0.111. The van der Waals surface area contributed by atoms with Crippen LogP contribution in [-0.4, -0.2) is 22.2 Å². The van der Waals surface area contributed by atoms with E-state index in [0.29, 0.717) is 21.4 Å². The minimum absolute atomic E-state index is 0.0244. The quantitative estimate of drug-likeness (QED) is 0.793. The van der Waals surface area contributed by atoms with Crippen molar-refractivity contribution < 1.29 is 9.84 Å². The number of pyridine rings is 2. The van der Waals surface area contributed by atoms with Gasteiger partial charge in [-0.05, 0) is 22.0 Å². The van der Waals surface area contributed by atoms with Crippen LogP contribution in [0.15, 0.2) is 22.8 Å². The van der Waals surface area contributed by atoms with Crippen molar-refractivity contribution >= 4 is 27.0 Å². The van der Waals surface area contributed by atoms with Gasteiger partial charge in [0, 0.05) is 12.1 Å². The monoisotopic (exact) mass is 254 g/mol. The zero-order chi connectivity index (χ0) is 10.1. The largest absolute Gasteiger partial charge is 0.494 e. The van der Waals surface area contributed by atoms with Crippen molar-refractivity contribution in [2.24, 2.45) is 0 Å². The summed E-state index contributed by atoms with van der Waals surface area (Å²) in [6, 6.07) is 4.91. The van der Waals surface area contributed by atoms with Crippen molar-refractivity contribution in [1.82, 2.24) is 9.97 Å². The van der Waals surface area contributed by atoms with Crippen molar-refractivity contribution in [2.75, 3.05) is 7.11 Å². The first-order valence-corrected chi connectivity index (χ1v) is 4.70. The van der Waals surface area contributed by atoms with E-state index in [0.717, 1.165) is 0 Å². The van der Waals surface area contributed by atoms with Gasteiger partial charge < -0.3 is 9.84 Å². The maximum Gasteiger partial charge on any atom is 0.211 e. The Labute approximate surface area is 88.7 Å². The summed E-state index contributed by atoms with van der Waals surface area (Å²) < 4.78 is 5.69. The molecular formula is C9H7BrN2O2. The van der Waals surface area contributed by atoms with Crippen LogP contribution in [0.5, 0.6) is 11.6 Å². The van der Waals surface area contributed by atoms with E-state index in [9.17, 15) is 5.11 Å². The topological polar surface area (TPSA) is 55.2 Å². The highest BCUT2D eigenvalue weighted by molar-refractivity contribution is 9.10. The first-order chi connectivity index (χ1) is 6.70. The van der Waals surface area contributed by atoms with Gasteiger partial charge in [-0.25, -0.2) is 9.97 Å². The molecule has 5 heteroatoms. The molecule has 0 radical (unpaired) electrons. The molecule has 0 saturated carbocycles. The summed E-state index contributed by atoms with van der Waals surface area (Å²) in [5.41, 5.74) is 1.31. The molecule has 0 saturated heterocycles. The molecule has 72 valence electrons. The average Bonchev–Trinajstić information content (AvgIpc) is 2.17. The molecule has 0 unspecified atom stereocenters. The second kappa shape index (κ2) is 3.42. The highest BCUT2D eigenvalue weighted by Crippen LogP contribution is 2.26. The lowest BCUT2D eigenvalue weighted by molar-refractivity contribution is 0.410. The molecule has 14 heavy (non-hydrogen) atoms. The van der Waals surface area contributed by atoms with E-state index < -0.39 is 0 Å². The second-order valence-corrected chi connectivity index (χ2v) is 3.44. The molecule has 0 aliphatic heterocycles. The lowest BCUT2D eigenvalue weighted by atomic mass is 10.3. The lowest BCUT2D eigenvalue weighted by Gasteiger charge is -2.03. The Morgan fingerprint density at radius 3 is 2.79 bits per heavy atom. The van der Waals surface area contributed by atoms with Crippen LogP contribution in [-0.2, 0) is 0 Å². The van der Waals surface area contributed by atoms with E-state index in [4.69, 9.17) is 4.74 Å². The van der Waals surface area contributed by atoms with Gasteiger partial charge in [-0.1, -0.05) is 0 Å². The molecule has 0 aromatic carbocycles. The van der Waals surface area contributed by atoms with Crippen molar-refractivity contribution in [3.05, 3.63) is 22.8 Å². The molecule has 0 bridgehead atoms. The number of aromatic hydroxyl groups is 1. The van der Waals surface area contributed by atoms with Crippen molar-refractivity contribution in [1.29, 1.82) is 0 Å². The Morgan fingerprint density at radius 2 is 2.07 bits per heavy atom. The third-order valence-electron chi connectivity index (χ3n) is 1.80. The van der Waals surface area contributed by atoms with Crippen molar-refractivity contribution in [3.8, 4) is 11.6 Å². The Balaban J connectivity index is 2.73. The van der Waals surface area contributed by atoms with Gasteiger partial charge in [0.1, 0.15) is 4.60 Å². The maximum atomic E-state index is 9.17. The fourth-order valence-corrected chi connectivity index (χ4v) is 1.61. The Bertz CT molecular complexity index is 487. The Kier molecular flexibility index (Phi) is 2.25. The molecule has 2 heterocycles. The van der Waals surface area contributed by atoms with Gasteiger partial charge in [0.15, 0.2) is 5.75 Å². The Hall–Kier alpha value is -1.36. The zero-order valence-electron chi connectivity index (χ0n) is 7.36. The number of rotatable bonds is 1.